The molecule has 3 rings (SSSR count). The lowest BCUT2D eigenvalue weighted by atomic mass is 10.1. The molecule has 1 N–H and O–H groups in total. The van der Waals surface area contributed by atoms with E-state index in [4.69, 9.17) is 0 Å². The van der Waals surface area contributed by atoms with E-state index < -0.39 is 0 Å². The summed E-state index contributed by atoms with van der Waals surface area (Å²) in [7, 11) is 0. The topological polar surface area (TPSA) is 29.1 Å². The van der Waals surface area contributed by atoms with E-state index in [9.17, 15) is 4.79 Å². The Labute approximate surface area is 115 Å². The number of hydrogen-bond acceptors (Lipinski definition) is 2. The largest absolute Gasteiger partial charge is 0.327 e. The van der Waals surface area contributed by atoms with Gasteiger partial charge in [0, 0.05) is 10.1 Å². The van der Waals surface area contributed by atoms with Gasteiger partial charge in [0.1, 0.15) is 0 Å². The van der Waals surface area contributed by atoms with Crippen molar-refractivity contribution >= 4 is 33.5 Å². The van der Waals surface area contributed by atoms with E-state index in [1.54, 1.807) is 11.3 Å². The number of thiophene rings is 1. The van der Waals surface area contributed by atoms with Crippen LogP contribution in [0.1, 0.15) is 5.56 Å². The van der Waals surface area contributed by atoms with Gasteiger partial charge in [-0.05, 0) is 18.6 Å². The second-order valence-electron chi connectivity index (χ2n) is 4.43. The van der Waals surface area contributed by atoms with Gasteiger partial charge < -0.3 is 5.32 Å². The summed E-state index contributed by atoms with van der Waals surface area (Å²) in [4.78, 5) is 12.0. The van der Waals surface area contributed by atoms with Crippen molar-refractivity contribution in [2.75, 3.05) is 5.32 Å². The van der Waals surface area contributed by atoms with Crippen LogP contribution in [0.15, 0.2) is 48.5 Å². The Balaban J connectivity index is 2.24. The van der Waals surface area contributed by atoms with Crippen LogP contribution in [0, 0.1) is 6.92 Å². The Morgan fingerprint density at radius 2 is 1.79 bits per heavy atom. The van der Waals surface area contributed by atoms with E-state index in [1.807, 2.05) is 18.2 Å². The van der Waals surface area contributed by atoms with Gasteiger partial charge >= 0.3 is 0 Å². The molecular formula is C16H13NOS. The van der Waals surface area contributed by atoms with Crippen molar-refractivity contribution in [3.05, 3.63) is 54.1 Å². The van der Waals surface area contributed by atoms with Crippen LogP contribution in [0.2, 0.25) is 0 Å². The van der Waals surface area contributed by atoms with Crippen LogP contribution < -0.4 is 5.32 Å². The lowest BCUT2D eigenvalue weighted by Gasteiger charge is -2.03. The molecule has 3 heteroatoms. The summed E-state index contributed by atoms with van der Waals surface area (Å²) in [6.45, 7) is 2.07. The molecule has 0 radical (unpaired) electrons. The molecule has 2 aromatic carbocycles. The van der Waals surface area contributed by atoms with Crippen molar-refractivity contribution < 1.29 is 4.79 Å². The number of nitrogens with one attached hydrogen (secondary N) is 1. The third-order valence-electron chi connectivity index (χ3n) is 3.11. The second kappa shape index (κ2) is 4.86. The van der Waals surface area contributed by atoms with Gasteiger partial charge in [0.05, 0.1) is 10.6 Å². The summed E-state index contributed by atoms with van der Waals surface area (Å²) in [5.74, 6) is 0. The molecule has 0 bridgehead atoms. The first-order valence-electron chi connectivity index (χ1n) is 6.08. The average molecular weight is 267 g/mol. The minimum atomic E-state index is 0.742. The fraction of sp³-hybridized carbons (Fsp3) is 0.0625. The quantitative estimate of drug-likeness (QED) is 0.698. The fourth-order valence-corrected chi connectivity index (χ4v) is 3.33. The van der Waals surface area contributed by atoms with E-state index in [2.05, 4.69) is 42.6 Å². The van der Waals surface area contributed by atoms with E-state index in [0.29, 0.717) is 0 Å². The fourth-order valence-electron chi connectivity index (χ4n) is 2.16. The molecule has 1 amide bonds. The van der Waals surface area contributed by atoms with Crippen molar-refractivity contribution in [1.82, 2.24) is 0 Å². The van der Waals surface area contributed by atoms with E-state index in [1.165, 1.54) is 10.3 Å². The number of aryl methyl sites for hydroxylation is 1. The highest BCUT2D eigenvalue weighted by Gasteiger charge is 2.12. The standard InChI is InChI=1S/C16H13NOS/c1-11-6-8-12(9-7-11)16-15(17-10-18)13-4-2-3-5-14(13)19-16/h2-10H,1H3,(H,17,18). The summed E-state index contributed by atoms with van der Waals surface area (Å²) >= 11 is 1.70. The summed E-state index contributed by atoms with van der Waals surface area (Å²) in [5.41, 5.74) is 3.27. The van der Waals surface area contributed by atoms with Crippen molar-refractivity contribution in [3.8, 4) is 10.4 Å². The van der Waals surface area contributed by atoms with Crippen molar-refractivity contribution in [2.24, 2.45) is 0 Å². The van der Waals surface area contributed by atoms with Crippen molar-refractivity contribution in [2.45, 2.75) is 6.92 Å². The Hall–Kier alpha value is -2.13. The molecule has 0 atom stereocenters. The van der Waals surface area contributed by atoms with E-state index in [-0.39, 0.29) is 0 Å². The van der Waals surface area contributed by atoms with Crippen molar-refractivity contribution in [1.29, 1.82) is 0 Å². The molecule has 19 heavy (non-hydrogen) atoms. The number of fused-ring (bicyclic) bond motifs is 1. The maximum absolute atomic E-state index is 10.8. The van der Waals surface area contributed by atoms with Crippen LogP contribution in [0.4, 0.5) is 5.69 Å². The van der Waals surface area contributed by atoms with Gasteiger partial charge in [-0.25, -0.2) is 0 Å². The lowest BCUT2D eigenvalue weighted by Crippen LogP contribution is -1.93. The van der Waals surface area contributed by atoms with E-state index in [0.717, 1.165) is 27.9 Å². The molecule has 0 aliphatic carbocycles. The minimum Gasteiger partial charge on any atom is -0.327 e. The summed E-state index contributed by atoms with van der Waals surface area (Å²) in [6, 6.07) is 16.5. The smallest absolute Gasteiger partial charge is 0.211 e. The zero-order chi connectivity index (χ0) is 13.2. The zero-order valence-electron chi connectivity index (χ0n) is 10.5. The molecule has 2 nitrogen and oxygen atoms in total. The maximum atomic E-state index is 10.8. The number of rotatable bonds is 3. The maximum Gasteiger partial charge on any atom is 0.211 e. The van der Waals surface area contributed by atoms with Gasteiger partial charge in [0.25, 0.3) is 0 Å². The third-order valence-corrected chi connectivity index (χ3v) is 4.33. The van der Waals surface area contributed by atoms with Crippen LogP contribution >= 0.6 is 11.3 Å². The highest BCUT2D eigenvalue weighted by molar-refractivity contribution is 7.23. The normalized spacial score (nSPS) is 10.6. The van der Waals surface area contributed by atoms with Crippen molar-refractivity contribution in [3.63, 3.8) is 0 Å². The SMILES string of the molecule is Cc1ccc(-c2sc3ccccc3c2NC=O)cc1. The molecule has 3 aromatic rings. The zero-order valence-corrected chi connectivity index (χ0v) is 11.3. The molecule has 1 aromatic heterocycles. The lowest BCUT2D eigenvalue weighted by molar-refractivity contribution is -0.105. The monoisotopic (exact) mass is 267 g/mol. The molecule has 0 spiro atoms. The van der Waals surface area contributed by atoms with Gasteiger partial charge in [0.2, 0.25) is 6.41 Å². The molecule has 94 valence electrons. The first-order valence-corrected chi connectivity index (χ1v) is 6.90. The average Bonchev–Trinajstić information content (AvgIpc) is 2.79. The molecule has 0 aliphatic heterocycles. The van der Waals surface area contributed by atoms with Crippen LogP contribution in [0.3, 0.4) is 0 Å². The number of amides is 1. The van der Waals surface area contributed by atoms with Crippen LogP contribution in [-0.2, 0) is 4.79 Å². The Kier molecular flexibility index (Phi) is 3.05. The highest BCUT2D eigenvalue weighted by Crippen LogP contribution is 2.42. The number of anilines is 1. The molecule has 1 heterocycles. The molecule has 0 saturated heterocycles. The summed E-state index contributed by atoms with van der Waals surface area (Å²) in [5, 5.41) is 3.93. The number of benzene rings is 2. The minimum absolute atomic E-state index is 0.742. The van der Waals surface area contributed by atoms with Gasteiger partial charge in [0.15, 0.2) is 0 Å². The Morgan fingerprint density at radius 1 is 1.05 bits per heavy atom. The molecular weight excluding hydrogens is 254 g/mol. The van der Waals surface area contributed by atoms with Crippen LogP contribution in [0.5, 0.6) is 0 Å². The Bertz CT molecular complexity index is 728. The predicted molar refractivity (Wildman–Crippen MR) is 81.7 cm³/mol. The second-order valence-corrected chi connectivity index (χ2v) is 5.48. The van der Waals surface area contributed by atoms with Gasteiger partial charge in [-0.3, -0.25) is 4.79 Å². The van der Waals surface area contributed by atoms with E-state index >= 15 is 0 Å². The molecule has 0 saturated carbocycles. The predicted octanol–water partition coefficient (Wildman–Crippen LogP) is 4.45. The first kappa shape index (κ1) is 11.9. The van der Waals surface area contributed by atoms with Gasteiger partial charge in [-0.1, -0.05) is 48.0 Å². The highest BCUT2D eigenvalue weighted by atomic mass is 32.1. The summed E-state index contributed by atoms with van der Waals surface area (Å²) < 4.78 is 1.18. The van der Waals surface area contributed by atoms with Crippen LogP contribution in [-0.4, -0.2) is 6.41 Å². The Morgan fingerprint density at radius 3 is 2.53 bits per heavy atom. The van der Waals surface area contributed by atoms with Gasteiger partial charge in [-0.15, -0.1) is 11.3 Å². The molecule has 0 unspecified atom stereocenters. The van der Waals surface area contributed by atoms with Crippen LogP contribution in [0.25, 0.3) is 20.5 Å². The number of carbonyl (C=O) groups excluding carboxylic acids is 1. The third kappa shape index (κ3) is 2.13. The summed E-state index contributed by atoms with van der Waals surface area (Å²) in [6.07, 6.45) is 0.742. The first-order chi connectivity index (χ1) is 9.29. The molecule has 0 fully saturated rings. The molecule has 0 aliphatic rings. The van der Waals surface area contributed by atoms with Gasteiger partial charge in [-0.2, -0.15) is 0 Å². The number of carbonyl (C=O) groups is 1. The number of hydrogen-bond donors (Lipinski definition) is 1.